The predicted octanol–water partition coefficient (Wildman–Crippen LogP) is 0.956. The van der Waals surface area contributed by atoms with E-state index in [1.165, 1.54) is 0 Å². The fourth-order valence-corrected chi connectivity index (χ4v) is 3.26. The highest BCUT2D eigenvalue weighted by molar-refractivity contribution is 7.99. The first-order valence-corrected chi connectivity index (χ1v) is 7.05. The largest absolute Gasteiger partial charge is 0.384 e. The topological polar surface area (TPSA) is 41.6 Å². The summed E-state index contributed by atoms with van der Waals surface area (Å²) >= 11 is 1.80. The maximum Gasteiger partial charge on any atom is 0.240 e. The van der Waals surface area contributed by atoms with Gasteiger partial charge >= 0.3 is 0 Å². The summed E-state index contributed by atoms with van der Waals surface area (Å²) in [5.41, 5.74) is 0. The number of methoxy groups -OCH3 is 1. The van der Waals surface area contributed by atoms with Gasteiger partial charge in [0.05, 0.1) is 6.04 Å². The van der Waals surface area contributed by atoms with Crippen molar-refractivity contribution in [3.05, 3.63) is 0 Å². The molecular formula is C11H21ClN2O2S. The summed E-state index contributed by atoms with van der Waals surface area (Å²) in [6.07, 6.45) is 2.17. The van der Waals surface area contributed by atoms with Crippen molar-refractivity contribution in [1.29, 1.82) is 0 Å². The molecule has 0 saturated carbocycles. The second-order valence-corrected chi connectivity index (χ2v) is 5.53. The van der Waals surface area contributed by atoms with E-state index in [9.17, 15) is 4.79 Å². The van der Waals surface area contributed by atoms with Gasteiger partial charge in [-0.1, -0.05) is 0 Å². The third kappa shape index (κ3) is 4.02. The number of ether oxygens (including phenoxy) is 1. The predicted molar refractivity (Wildman–Crippen MR) is 72.7 cm³/mol. The lowest BCUT2D eigenvalue weighted by atomic mass is 9.97. The van der Waals surface area contributed by atoms with Crippen LogP contribution in [0.25, 0.3) is 0 Å². The zero-order chi connectivity index (χ0) is 11.4. The van der Waals surface area contributed by atoms with E-state index < -0.39 is 0 Å². The molecule has 2 aliphatic heterocycles. The summed E-state index contributed by atoms with van der Waals surface area (Å²) in [5, 5.41) is 3.24. The molecule has 0 spiro atoms. The third-order valence-corrected chi connectivity index (χ3v) is 4.28. The van der Waals surface area contributed by atoms with Crippen LogP contribution in [0.15, 0.2) is 0 Å². The summed E-state index contributed by atoms with van der Waals surface area (Å²) in [4.78, 5) is 14.1. The molecule has 1 N–H and O–H groups in total. The Bertz CT molecular complexity index is 242. The highest BCUT2D eigenvalue weighted by Gasteiger charge is 2.29. The van der Waals surface area contributed by atoms with Crippen LogP contribution in [0, 0.1) is 5.92 Å². The van der Waals surface area contributed by atoms with Gasteiger partial charge in [-0.05, 0) is 18.8 Å². The van der Waals surface area contributed by atoms with Crippen LogP contribution in [-0.2, 0) is 9.53 Å². The Hall–Kier alpha value is 0.0300. The number of amides is 1. The van der Waals surface area contributed by atoms with Crippen LogP contribution in [0.2, 0.25) is 0 Å². The second-order valence-electron chi connectivity index (χ2n) is 4.50. The third-order valence-electron chi connectivity index (χ3n) is 3.34. The van der Waals surface area contributed by atoms with Crippen LogP contribution in [0.1, 0.15) is 12.8 Å². The molecule has 17 heavy (non-hydrogen) atoms. The number of likely N-dealkylation sites (tertiary alicyclic amines) is 1. The Kier molecular flexibility index (Phi) is 6.62. The summed E-state index contributed by atoms with van der Waals surface area (Å²) < 4.78 is 5.16. The van der Waals surface area contributed by atoms with Crippen molar-refractivity contribution in [2.75, 3.05) is 38.4 Å². The van der Waals surface area contributed by atoms with Crippen molar-refractivity contribution in [1.82, 2.24) is 10.2 Å². The van der Waals surface area contributed by atoms with Gasteiger partial charge in [0.1, 0.15) is 0 Å². The Morgan fingerprint density at radius 3 is 2.71 bits per heavy atom. The van der Waals surface area contributed by atoms with Crippen LogP contribution < -0.4 is 5.32 Å². The monoisotopic (exact) mass is 280 g/mol. The van der Waals surface area contributed by atoms with Gasteiger partial charge in [0.25, 0.3) is 0 Å². The number of nitrogens with one attached hydrogen (secondary N) is 1. The molecule has 2 saturated heterocycles. The van der Waals surface area contributed by atoms with Gasteiger partial charge in [-0.3, -0.25) is 10.1 Å². The van der Waals surface area contributed by atoms with E-state index in [4.69, 9.17) is 4.74 Å². The van der Waals surface area contributed by atoms with Gasteiger partial charge in [0.2, 0.25) is 5.91 Å². The zero-order valence-corrected chi connectivity index (χ0v) is 11.8. The summed E-state index contributed by atoms with van der Waals surface area (Å²) in [7, 11) is 1.75. The SMILES string of the molecule is COCC1CCN(C(=O)C2CSCN2)CC1.Cl. The van der Waals surface area contributed by atoms with Crippen LogP contribution in [0.5, 0.6) is 0 Å². The van der Waals surface area contributed by atoms with Crippen molar-refractivity contribution in [3.8, 4) is 0 Å². The van der Waals surface area contributed by atoms with Gasteiger partial charge in [-0.15, -0.1) is 24.2 Å². The number of piperidine rings is 1. The van der Waals surface area contributed by atoms with E-state index in [0.717, 1.165) is 44.2 Å². The summed E-state index contributed by atoms with van der Waals surface area (Å²) in [6, 6.07) is 0.0592. The molecule has 0 aromatic heterocycles. The number of carbonyl (C=O) groups excluding carboxylic acids is 1. The minimum absolute atomic E-state index is 0. The van der Waals surface area contributed by atoms with Crippen LogP contribution in [0.4, 0.5) is 0 Å². The molecule has 2 aliphatic rings. The Labute approximate surface area is 113 Å². The molecular weight excluding hydrogens is 260 g/mol. The lowest BCUT2D eigenvalue weighted by Crippen LogP contribution is -2.48. The van der Waals surface area contributed by atoms with Crippen LogP contribution in [0.3, 0.4) is 0 Å². The van der Waals surface area contributed by atoms with Crippen LogP contribution in [-0.4, -0.2) is 55.3 Å². The first-order chi connectivity index (χ1) is 7.81. The molecule has 0 aromatic carbocycles. The summed E-state index contributed by atoms with van der Waals surface area (Å²) in [6.45, 7) is 2.63. The molecule has 6 heteroatoms. The smallest absolute Gasteiger partial charge is 0.240 e. The maximum absolute atomic E-state index is 12.1. The molecule has 2 heterocycles. The Balaban J connectivity index is 0.00000144. The van der Waals surface area contributed by atoms with Gasteiger partial charge in [0.15, 0.2) is 0 Å². The first-order valence-electron chi connectivity index (χ1n) is 5.90. The van der Waals surface area contributed by atoms with Gasteiger partial charge < -0.3 is 9.64 Å². The first kappa shape index (κ1) is 15.1. The lowest BCUT2D eigenvalue weighted by molar-refractivity contribution is -0.134. The molecule has 1 unspecified atom stereocenters. The molecule has 0 radical (unpaired) electrons. The van der Waals surface area contributed by atoms with E-state index in [2.05, 4.69) is 5.32 Å². The number of nitrogens with zero attached hydrogens (tertiary/aromatic N) is 1. The number of carbonyl (C=O) groups is 1. The van der Waals surface area contributed by atoms with Crippen molar-refractivity contribution in [2.24, 2.45) is 5.92 Å². The van der Waals surface area contributed by atoms with Gasteiger partial charge in [0, 0.05) is 38.4 Å². The van der Waals surface area contributed by atoms with Crippen molar-refractivity contribution in [3.63, 3.8) is 0 Å². The lowest BCUT2D eigenvalue weighted by Gasteiger charge is -2.33. The molecule has 0 aromatic rings. The molecule has 0 aliphatic carbocycles. The summed E-state index contributed by atoms with van der Waals surface area (Å²) in [5.74, 6) is 2.77. The number of rotatable bonds is 3. The van der Waals surface area contributed by atoms with E-state index in [1.54, 1.807) is 18.9 Å². The molecule has 2 rings (SSSR count). The zero-order valence-electron chi connectivity index (χ0n) is 10.2. The highest BCUT2D eigenvalue weighted by atomic mass is 35.5. The van der Waals surface area contributed by atoms with E-state index >= 15 is 0 Å². The maximum atomic E-state index is 12.1. The van der Waals surface area contributed by atoms with E-state index in [0.29, 0.717) is 11.8 Å². The van der Waals surface area contributed by atoms with E-state index in [-0.39, 0.29) is 18.4 Å². The number of hydrogen-bond acceptors (Lipinski definition) is 4. The number of halogens is 1. The molecule has 1 amide bonds. The molecule has 1 atom stereocenters. The van der Waals surface area contributed by atoms with E-state index in [1.807, 2.05) is 4.90 Å². The average Bonchev–Trinajstić information content (AvgIpc) is 2.83. The molecule has 100 valence electrons. The van der Waals surface area contributed by atoms with Gasteiger partial charge in [-0.25, -0.2) is 0 Å². The fraction of sp³-hybridized carbons (Fsp3) is 0.909. The Morgan fingerprint density at radius 1 is 1.47 bits per heavy atom. The fourth-order valence-electron chi connectivity index (χ4n) is 2.33. The number of thioether (sulfide) groups is 1. The van der Waals surface area contributed by atoms with Crippen molar-refractivity contribution < 1.29 is 9.53 Å². The average molecular weight is 281 g/mol. The molecule has 2 fully saturated rings. The van der Waals surface area contributed by atoms with Crippen molar-refractivity contribution >= 4 is 30.1 Å². The minimum atomic E-state index is 0. The second kappa shape index (κ2) is 7.46. The Morgan fingerprint density at radius 2 is 2.18 bits per heavy atom. The van der Waals surface area contributed by atoms with Gasteiger partial charge in [-0.2, -0.15) is 0 Å². The quantitative estimate of drug-likeness (QED) is 0.836. The van der Waals surface area contributed by atoms with Crippen LogP contribution >= 0.6 is 24.2 Å². The van der Waals surface area contributed by atoms with Crippen molar-refractivity contribution in [2.45, 2.75) is 18.9 Å². The standard InChI is InChI=1S/C11H20N2O2S.ClH/c1-15-6-9-2-4-13(5-3-9)11(14)10-7-16-8-12-10;/h9-10,12H,2-8H2,1H3;1H. The molecule has 0 bridgehead atoms. The highest BCUT2D eigenvalue weighted by Crippen LogP contribution is 2.19. The normalized spacial score (nSPS) is 25.7. The minimum Gasteiger partial charge on any atom is -0.384 e. The number of hydrogen-bond donors (Lipinski definition) is 1. The molecule has 4 nitrogen and oxygen atoms in total.